The van der Waals surface area contributed by atoms with E-state index in [2.05, 4.69) is 10.3 Å². The van der Waals surface area contributed by atoms with Crippen LogP contribution in [0.4, 0.5) is 0 Å². The number of methoxy groups -OCH3 is 1. The Morgan fingerprint density at radius 2 is 2.00 bits per heavy atom. The monoisotopic (exact) mass is 364 g/mol. The minimum Gasteiger partial charge on any atom is -0.497 e. The first-order valence-electron chi connectivity index (χ1n) is 7.97. The number of rotatable bonds is 7. The summed E-state index contributed by atoms with van der Waals surface area (Å²) in [6.45, 7) is 1.66. The highest BCUT2D eigenvalue weighted by atomic mass is 32.2. The van der Waals surface area contributed by atoms with Gasteiger partial charge in [-0.3, -0.25) is 4.79 Å². The normalized spacial score (nSPS) is 14.3. The van der Waals surface area contributed by atoms with Crippen LogP contribution in [0, 0.1) is 6.92 Å². The first kappa shape index (κ1) is 17.5. The molecule has 3 rings (SSSR count). The van der Waals surface area contributed by atoms with Gasteiger partial charge in [-0.25, -0.2) is 13.4 Å². The molecule has 1 aliphatic carbocycles. The van der Waals surface area contributed by atoms with E-state index < -0.39 is 21.5 Å². The first-order chi connectivity index (χ1) is 11.9. The SMILES string of the molecule is COc1ccc(-c2nc(CS(=O)(=O)CC(=O)NC3CC3)c(C)o2)cc1. The Hall–Kier alpha value is -2.35. The van der Waals surface area contributed by atoms with Crippen molar-refractivity contribution in [1.82, 2.24) is 10.3 Å². The zero-order valence-electron chi connectivity index (χ0n) is 14.1. The molecule has 1 aromatic carbocycles. The molecule has 0 bridgehead atoms. The summed E-state index contributed by atoms with van der Waals surface area (Å²) >= 11 is 0. The number of ether oxygens (including phenoxy) is 1. The molecular formula is C17H20N2O5S. The number of benzene rings is 1. The van der Waals surface area contributed by atoms with Gasteiger partial charge in [-0.2, -0.15) is 0 Å². The van der Waals surface area contributed by atoms with Crippen molar-refractivity contribution in [2.45, 2.75) is 31.6 Å². The van der Waals surface area contributed by atoms with Crippen LogP contribution in [0.5, 0.6) is 5.75 Å². The van der Waals surface area contributed by atoms with Gasteiger partial charge in [0.05, 0.1) is 18.6 Å². The number of nitrogens with zero attached hydrogens (tertiary/aromatic N) is 1. The van der Waals surface area contributed by atoms with Crippen LogP contribution < -0.4 is 10.1 Å². The van der Waals surface area contributed by atoms with Crippen LogP contribution in [-0.4, -0.2) is 38.2 Å². The van der Waals surface area contributed by atoms with Crippen molar-refractivity contribution in [2.24, 2.45) is 0 Å². The van der Waals surface area contributed by atoms with Gasteiger partial charge in [0.1, 0.15) is 17.3 Å². The molecule has 1 saturated carbocycles. The molecular weight excluding hydrogens is 344 g/mol. The number of oxazole rings is 1. The predicted octanol–water partition coefficient (Wildman–Crippen LogP) is 1.85. The van der Waals surface area contributed by atoms with E-state index in [0.717, 1.165) is 18.4 Å². The van der Waals surface area contributed by atoms with Crippen molar-refractivity contribution in [3.8, 4) is 17.2 Å². The largest absolute Gasteiger partial charge is 0.497 e. The van der Waals surface area contributed by atoms with Crippen molar-refractivity contribution in [3.63, 3.8) is 0 Å². The lowest BCUT2D eigenvalue weighted by Crippen LogP contribution is -2.32. The van der Waals surface area contributed by atoms with Crippen LogP contribution in [-0.2, 0) is 20.4 Å². The average molecular weight is 364 g/mol. The second kappa shape index (κ2) is 6.87. The standard InChI is InChI=1S/C17H20N2O5S/c1-11-15(9-25(21,22)10-16(20)18-13-5-6-13)19-17(24-11)12-3-7-14(23-2)8-4-12/h3-4,7-8,13H,5-6,9-10H2,1-2H3,(H,18,20). The number of hydrogen-bond acceptors (Lipinski definition) is 6. The zero-order valence-corrected chi connectivity index (χ0v) is 14.9. The predicted molar refractivity (Wildman–Crippen MR) is 91.9 cm³/mol. The molecule has 1 aliphatic rings. The highest BCUT2D eigenvalue weighted by Gasteiger charge is 2.27. The fourth-order valence-electron chi connectivity index (χ4n) is 2.38. The second-order valence-corrected chi connectivity index (χ2v) is 8.19. The molecule has 25 heavy (non-hydrogen) atoms. The van der Waals surface area contributed by atoms with Gasteiger partial charge in [0.15, 0.2) is 9.84 Å². The molecule has 1 N–H and O–H groups in total. The fourth-order valence-corrected chi connectivity index (χ4v) is 3.64. The summed E-state index contributed by atoms with van der Waals surface area (Å²) in [7, 11) is -2.03. The van der Waals surface area contributed by atoms with Crippen molar-refractivity contribution in [3.05, 3.63) is 35.7 Å². The molecule has 8 heteroatoms. The van der Waals surface area contributed by atoms with Gasteiger partial charge in [0, 0.05) is 11.6 Å². The molecule has 1 fully saturated rings. The summed E-state index contributed by atoms with van der Waals surface area (Å²) in [5.41, 5.74) is 1.05. The van der Waals surface area contributed by atoms with E-state index >= 15 is 0 Å². The summed E-state index contributed by atoms with van der Waals surface area (Å²) in [5.74, 6) is 0.157. The molecule has 1 amide bonds. The number of carbonyl (C=O) groups is 1. The Morgan fingerprint density at radius 1 is 1.32 bits per heavy atom. The summed E-state index contributed by atoms with van der Waals surface area (Å²) in [6, 6.07) is 7.25. The third-order valence-corrected chi connectivity index (χ3v) is 5.30. The van der Waals surface area contributed by atoms with Gasteiger partial charge in [-0.15, -0.1) is 0 Å². The van der Waals surface area contributed by atoms with E-state index in [1.807, 2.05) is 0 Å². The number of carbonyl (C=O) groups excluding carboxylic acids is 1. The quantitative estimate of drug-likeness (QED) is 0.805. The molecule has 2 aromatic rings. The van der Waals surface area contributed by atoms with Crippen molar-refractivity contribution >= 4 is 15.7 Å². The molecule has 0 unspecified atom stereocenters. The molecule has 134 valence electrons. The zero-order chi connectivity index (χ0) is 18.0. The van der Waals surface area contributed by atoms with Gasteiger partial charge in [-0.1, -0.05) is 0 Å². The van der Waals surface area contributed by atoms with E-state index in [1.54, 1.807) is 38.3 Å². The van der Waals surface area contributed by atoms with Crippen LogP contribution in [0.25, 0.3) is 11.5 Å². The molecule has 0 spiro atoms. The van der Waals surface area contributed by atoms with Gasteiger partial charge in [-0.05, 0) is 44.0 Å². The van der Waals surface area contributed by atoms with E-state index in [9.17, 15) is 13.2 Å². The molecule has 0 saturated heterocycles. The van der Waals surface area contributed by atoms with E-state index in [4.69, 9.17) is 9.15 Å². The molecule has 0 aliphatic heterocycles. The highest BCUT2D eigenvalue weighted by molar-refractivity contribution is 7.91. The molecule has 1 aromatic heterocycles. The van der Waals surface area contributed by atoms with Crippen molar-refractivity contribution in [1.29, 1.82) is 0 Å². The van der Waals surface area contributed by atoms with E-state index in [0.29, 0.717) is 23.1 Å². The number of amides is 1. The van der Waals surface area contributed by atoms with E-state index in [-0.39, 0.29) is 11.8 Å². The molecule has 1 heterocycles. The smallest absolute Gasteiger partial charge is 0.235 e. The number of aryl methyl sites for hydroxylation is 1. The third kappa shape index (κ3) is 4.60. The summed E-state index contributed by atoms with van der Waals surface area (Å²) < 4.78 is 35.2. The lowest BCUT2D eigenvalue weighted by atomic mass is 10.2. The Morgan fingerprint density at radius 3 is 2.60 bits per heavy atom. The summed E-state index contributed by atoms with van der Waals surface area (Å²) in [4.78, 5) is 16.0. The van der Waals surface area contributed by atoms with Crippen molar-refractivity contribution in [2.75, 3.05) is 12.9 Å². The minimum absolute atomic E-state index is 0.137. The topological polar surface area (TPSA) is 98.5 Å². The Kier molecular flexibility index (Phi) is 4.80. The summed E-state index contributed by atoms with van der Waals surface area (Å²) in [6.07, 6.45) is 1.83. The van der Waals surface area contributed by atoms with Gasteiger partial charge < -0.3 is 14.5 Å². The van der Waals surface area contributed by atoms with Crippen LogP contribution in [0.15, 0.2) is 28.7 Å². The Balaban J connectivity index is 1.71. The number of nitrogens with one attached hydrogen (secondary N) is 1. The summed E-state index contributed by atoms with van der Waals surface area (Å²) in [5, 5.41) is 2.68. The second-order valence-electron chi connectivity index (χ2n) is 6.12. The number of aromatic nitrogens is 1. The third-order valence-electron chi connectivity index (χ3n) is 3.88. The van der Waals surface area contributed by atoms with Gasteiger partial charge in [0.2, 0.25) is 11.8 Å². The van der Waals surface area contributed by atoms with Crippen molar-refractivity contribution < 1.29 is 22.4 Å². The number of sulfone groups is 1. The maximum atomic E-state index is 12.2. The van der Waals surface area contributed by atoms with E-state index in [1.165, 1.54) is 0 Å². The van der Waals surface area contributed by atoms with Gasteiger partial charge >= 0.3 is 0 Å². The average Bonchev–Trinajstić information content (AvgIpc) is 3.29. The Bertz CT molecular complexity index is 867. The number of hydrogen-bond donors (Lipinski definition) is 1. The fraction of sp³-hybridized carbons (Fsp3) is 0.412. The van der Waals surface area contributed by atoms with Crippen LogP contribution in [0.3, 0.4) is 0 Å². The lowest BCUT2D eigenvalue weighted by Gasteiger charge is -2.04. The minimum atomic E-state index is -3.61. The Labute approximate surface area is 146 Å². The highest BCUT2D eigenvalue weighted by Crippen LogP contribution is 2.25. The van der Waals surface area contributed by atoms with Gasteiger partial charge in [0.25, 0.3) is 0 Å². The molecule has 0 radical (unpaired) electrons. The lowest BCUT2D eigenvalue weighted by molar-refractivity contribution is -0.118. The first-order valence-corrected chi connectivity index (χ1v) is 9.79. The van der Waals surface area contributed by atoms with Crippen LogP contribution in [0.1, 0.15) is 24.3 Å². The molecule has 7 nitrogen and oxygen atoms in total. The van der Waals surface area contributed by atoms with Crippen LogP contribution >= 0.6 is 0 Å². The maximum Gasteiger partial charge on any atom is 0.235 e. The maximum absolute atomic E-state index is 12.2. The van der Waals surface area contributed by atoms with Crippen LogP contribution in [0.2, 0.25) is 0 Å². The molecule has 0 atom stereocenters.